The van der Waals surface area contributed by atoms with Gasteiger partial charge in [0.05, 0.1) is 0 Å². The van der Waals surface area contributed by atoms with Crippen LogP contribution < -0.4 is 5.32 Å². The standard InChI is InChI=1S/C11H17ClN2S/c1-11(2)6-4-3-5-8(11)13-10-14-9(12)7-15-10/h7-8H,3-6H2,1-2H3,(H,13,14). The molecule has 0 spiro atoms. The van der Waals surface area contributed by atoms with Crippen molar-refractivity contribution < 1.29 is 0 Å². The van der Waals surface area contributed by atoms with E-state index in [0.717, 1.165) is 5.13 Å². The van der Waals surface area contributed by atoms with Gasteiger partial charge in [0, 0.05) is 11.4 Å². The number of rotatable bonds is 2. The highest BCUT2D eigenvalue weighted by Crippen LogP contribution is 2.37. The third kappa shape index (κ3) is 2.64. The van der Waals surface area contributed by atoms with Crippen molar-refractivity contribution in [2.75, 3.05) is 5.32 Å². The second-order valence-electron chi connectivity index (χ2n) is 4.91. The number of anilines is 1. The Hall–Kier alpha value is -0.280. The van der Waals surface area contributed by atoms with Crippen LogP contribution in [0.3, 0.4) is 0 Å². The van der Waals surface area contributed by atoms with Crippen molar-refractivity contribution in [1.82, 2.24) is 4.98 Å². The van der Waals surface area contributed by atoms with E-state index in [1.807, 2.05) is 5.38 Å². The molecule has 2 rings (SSSR count). The van der Waals surface area contributed by atoms with Crippen molar-refractivity contribution >= 4 is 28.1 Å². The fraction of sp³-hybridized carbons (Fsp3) is 0.727. The summed E-state index contributed by atoms with van der Waals surface area (Å²) in [5.74, 6) is 0. The maximum absolute atomic E-state index is 5.81. The number of aromatic nitrogens is 1. The fourth-order valence-electron chi connectivity index (χ4n) is 2.23. The lowest BCUT2D eigenvalue weighted by Crippen LogP contribution is -2.38. The van der Waals surface area contributed by atoms with Crippen molar-refractivity contribution in [2.45, 2.75) is 45.6 Å². The molecule has 1 heterocycles. The predicted molar refractivity (Wildman–Crippen MR) is 66.8 cm³/mol. The van der Waals surface area contributed by atoms with E-state index in [4.69, 9.17) is 11.6 Å². The van der Waals surface area contributed by atoms with E-state index in [-0.39, 0.29) is 0 Å². The molecule has 0 radical (unpaired) electrons. The third-order valence-corrected chi connectivity index (χ3v) is 4.38. The lowest BCUT2D eigenvalue weighted by molar-refractivity contribution is 0.217. The Morgan fingerprint density at radius 2 is 2.33 bits per heavy atom. The van der Waals surface area contributed by atoms with Crippen LogP contribution in [0.2, 0.25) is 5.15 Å². The number of nitrogens with one attached hydrogen (secondary N) is 1. The Labute approximate surface area is 100 Å². The lowest BCUT2D eigenvalue weighted by atomic mass is 9.73. The number of hydrogen-bond acceptors (Lipinski definition) is 3. The first kappa shape index (κ1) is 11.2. The maximum atomic E-state index is 5.81. The van der Waals surface area contributed by atoms with Crippen LogP contribution in [0.4, 0.5) is 5.13 Å². The Kier molecular flexibility index (Phi) is 3.21. The molecule has 0 saturated heterocycles. The van der Waals surface area contributed by atoms with Gasteiger partial charge >= 0.3 is 0 Å². The second kappa shape index (κ2) is 4.30. The second-order valence-corrected chi connectivity index (χ2v) is 6.15. The minimum absolute atomic E-state index is 0.371. The average Bonchev–Trinajstić information content (AvgIpc) is 2.55. The molecule has 15 heavy (non-hydrogen) atoms. The van der Waals surface area contributed by atoms with Crippen LogP contribution in [0, 0.1) is 5.41 Å². The molecule has 1 aliphatic carbocycles. The first-order valence-electron chi connectivity index (χ1n) is 5.45. The van der Waals surface area contributed by atoms with Crippen LogP contribution >= 0.6 is 22.9 Å². The SMILES string of the molecule is CC1(C)CCCCC1Nc1nc(Cl)cs1. The Balaban J connectivity index is 2.04. The first-order valence-corrected chi connectivity index (χ1v) is 6.71. The Bertz CT molecular complexity index is 335. The monoisotopic (exact) mass is 244 g/mol. The molecule has 84 valence electrons. The molecule has 1 fully saturated rings. The summed E-state index contributed by atoms with van der Waals surface area (Å²) in [5.41, 5.74) is 0.371. The van der Waals surface area contributed by atoms with Crippen LogP contribution in [0.15, 0.2) is 5.38 Å². The quantitative estimate of drug-likeness (QED) is 0.844. The van der Waals surface area contributed by atoms with Crippen molar-refractivity contribution in [3.63, 3.8) is 0 Å². The summed E-state index contributed by atoms with van der Waals surface area (Å²) in [6, 6.07) is 0.536. The number of thiazole rings is 1. The highest BCUT2D eigenvalue weighted by Gasteiger charge is 2.32. The molecule has 1 aromatic rings. The smallest absolute Gasteiger partial charge is 0.184 e. The zero-order valence-electron chi connectivity index (χ0n) is 9.22. The summed E-state index contributed by atoms with van der Waals surface area (Å²) in [7, 11) is 0. The van der Waals surface area contributed by atoms with E-state index < -0.39 is 0 Å². The Morgan fingerprint density at radius 1 is 1.53 bits per heavy atom. The van der Waals surface area contributed by atoms with E-state index in [9.17, 15) is 0 Å². The molecule has 0 bridgehead atoms. The van der Waals surface area contributed by atoms with Crippen LogP contribution in [-0.4, -0.2) is 11.0 Å². The largest absolute Gasteiger partial charge is 0.358 e. The van der Waals surface area contributed by atoms with Gasteiger partial charge < -0.3 is 5.32 Å². The van der Waals surface area contributed by atoms with E-state index in [0.29, 0.717) is 16.6 Å². The summed E-state index contributed by atoms with van der Waals surface area (Å²) in [5, 5.41) is 6.94. The highest BCUT2D eigenvalue weighted by molar-refractivity contribution is 7.14. The molecule has 2 nitrogen and oxygen atoms in total. The van der Waals surface area contributed by atoms with E-state index in [2.05, 4.69) is 24.1 Å². The molecule has 4 heteroatoms. The summed E-state index contributed by atoms with van der Waals surface area (Å²) in [6.07, 6.45) is 5.21. The summed E-state index contributed by atoms with van der Waals surface area (Å²) in [4.78, 5) is 4.24. The van der Waals surface area contributed by atoms with Crippen molar-refractivity contribution in [3.05, 3.63) is 10.5 Å². The topological polar surface area (TPSA) is 24.9 Å². The number of hydrogen-bond donors (Lipinski definition) is 1. The van der Waals surface area contributed by atoms with Gasteiger partial charge in [-0.15, -0.1) is 11.3 Å². The molecule has 1 unspecified atom stereocenters. The molecule has 1 saturated carbocycles. The minimum atomic E-state index is 0.371. The Morgan fingerprint density at radius 3 is 2.93 bits per heavy atom. The highest BCUT2D eigenvalue weighted by atomic mass is 35.5. The molecular weight excluding hydrogens is 228 g/mol. The van der Waals surface area contributed by atoms with E-state index in [1.54, 1.807) is 11.3 Å². The van der Waals surface area contributed by atoms with Gasteiger partial charge in [-0.25, -0.2) is 4.98 Å². The maximum Gasteiger partial charge on any atom is 0.184 e. The molecule has 0 aliphatic heterocycles. The average molecular weight is 245 g/mol. The van der Waals surface area contributed by atoms with Crippen LogP contribution in [0.5, 0.6) is 0 Å². The minimum Gasteiger partial charge on any atom is -0.358 e. The summed E-state index contributed by atoms with van der Waals surface area (Å²) in [6.45, 7) is 4.66. The first-order chi connectivity index (χ1) is 7.08. The molecular formula is C11H17ClN2S. The van der Waals surface area contributed by atoms with Crippen LogP contribution in [0.1, 0.15) is 39.5 Å². The summed E-state index contributed by atoms with van der Waals surface area (Å²) >= 11 is 7.40. The normalized spacial score (nSPS) is 25.1. The van der Waals surface area contributed by atoms with Gasteiger partial charge in [0.15, 0.2) is 5.13 Å². The fourth-order valence-corrected chi connectivity index (χ4v) is 3.12. The van der Waals surface area contributed by atoms with E-state index >= 15 is 0 Å². The molecule has 0 aromatic carbocycles. The van der Waals surface area contributed by atoms with Crippen LogP contribution in [-0.2, 0) is 0 Å². The zero-order valence-corrected chi connectivity index (χ0v) is 10.8. The van der Waals surface area contributed by atoms with Gasteiger partial charge in [-0.2, -0.15) is 0 Å². The van der Waals surface area contributed by atoms with Crippen LogP contribution in [0.25, 0.3) is 0 Å². The van der Waals surface area contributed by atoms with Gasteiger partial charge in [0.25, 0.3) is 0 Å². The molecule has 1 atom stereocenters. The van der Waals surface area contributed by atoms with Crippen molar-refractivity contribution in [3.8, 4) is 0 Å². The van der Waals surface area contributed by atoms with Gasteiger partial charge in [0.1, 0.15) is 5.15 Å². The van der Waals surface area contributed by atoms with E-state index in [1.165, 1.54) is 25.7 Å². The molecule has 1 aliphatic rings. The molecule has 1 N–H and O–H groups in total. The number of nitrogens with zero attached hydrogens (tertiary/aromatic N) is 1. The predicted octanol–water partition coefficient (Wildman–Crippen LogP) is 4.18. The van der Waals surface area contributed by atoms with Crippen molar-refractivity contribution in [1.29, 1.82) is 0 Å². The lowest BCUT2D eigenvalue weighted by Gasteiger charge is -2.38. The molecule has 1 aromatic heterocycles. The molecule has 0 amide bonds. The summed E-state index contributed by atoms with van der Waals surface area (Å²) < 4.78 is 0. The van der Waals surface area contributed by atoms with Gasteiger partial charge in [-0.1, -0.05) is 38.3 Å². The van der Waals surface area contributed by atoms with Gasteiger partial charge in [-0.05, 0) is 18.3 Å². The number of halogens is 1. The van der Waals surface area contributed by atoms with Crippen molar-refractivity contribution in [2.24, 2.45) is 5.41 Å². The van der Waals surface area contributed by atoms with Gasteiger partial charge in [-0.3, -0.25) is 0 Å². The van der Waals surface area contributed by atoms with Gasteiger partial charge in [0.2, 0.25) is 0 Å². The zero-order chi connectivity index (χ0) is 10.9. The third-order valence-electron chi connectivity index (χ3n) is 3.28.